The second kappa shape index (κ2) is 4.19. The summed E-state index contributed by atoms with van der Waals surface area (Å²) in [6.45, 7) is 7.58. The lowest BCUT2D eigenvalue weighted by Gasteiger charge is -2.14. The molecule has 2 atom stereocenters. The van der Waals surface area contributed by atoms with E-state index in [1.165, 1.54) is 6.33 Å². The van der Waals surface area contributed by atoms with Crippen molar-refractivity contribution in [1.29, 1.82) is 0 Å². The fourth-order valence-corrected chi connectivity index (χ4v) is 3.24. The fourth-order valence-electron chi connectivity index (χ4n) is 3.24. The molecular formula is C14H19N3O3. The average molecular weight is 277 g/mol. The Labute approximate surface area is 117 Å². The van der Waals surface area contributed by atoms with E-state index >= 15 is 0 Å². The molecule has 0 radical (unpaired) electrons. The molecule has 0 saturated heterocycles. The Morgan fingerprint density at radius 2 is 2.05 bits per heavy atom. The molecule has 1 heterocycles. The number of carboxylic acid groups (broad SMARTS) is 1. The molecule has 1 aliphatic carbocycles. The molecule has 6 nitrogen and oxygen atoms in total. The first-order chi connectivity index (χ1) is 9.17. The number of hydrogen-bond donors (Lipinski definition) is 3. The SMILES string of the molecule is CC(C)=CC1C(C)(C)C1(C(=O)O)c1[nH]cnc1C(N)=O. The molecule has 0 bridgehead atoms. The highest BCUT2D eigenvalue weighted by Crippen LogP contribution is 2.70. The predicted molar refractivity (Wildman–Crippen MR) is 73.1 cm³/mol. The van der Waals surface area contributed by atoms with Gasteiger partial charge in [-0.3, -0.25) is 9.59 Å². The molecule has 0 spiro atoms. The lowest BCUT2D eigenvalue weighted by atomic mass is 9.90. The molecule has 4 N–H and O–H groups in total. The minimum atomic E-state index is -1.19. The Bertz CT molecular complexity index is 611. The van der Waals surface area contributed by atoms with Crippen molar-refractivity contribution < 1.29 is 14.7 Å². The molecule has 1 aromatic heterocycles. The summed E-state index contributed by atoms with van der Waals surface area (Å²) in [5, 5.41) is 9.77. The summed E-state index contributed by atoms with van der Waals surface area (Å²) in [6, 6.07) is 0. The first kappa shape index (κ1) is 14.3. The number of aromatic nitrogens is 2. The van der Waals surface area contributed by atoms with Crippen LogP contribution >= 0.6 is 0 Å². The molecule has 0 aliphatic heterocycles. The van der Waals surface area contributed by atoms with Gasteiger partial charge in [-0.1, -0.05) is 25.5 Å². The second-order valence-electron chi connectivity index (χ2n) is 6.05. The minimum absolute atomic E-state index is 0.00475. The lowest BCUT2D eigenvalue weighted by Crippen LogP contribution is -2.30. The predicted octanol–water partition coefficient (Wildman–Crippen LogP) is 1.45. The lowest BCUT2D eigenvalue weighted by molar-refractivity contribution is -0.141. The number of nitrogens with one attached hydrogen (secondary N) is 1. The van der Waals surface area contributed by atoms with Crippen molar-refractivity contribution >= 4 is 11.9 Å². The minimum Gasteiger partial charge on any atom is -0.481 e. The summed E-state index contributed by atoms with van der Waals surface area (Å²) in [5.74, 6) is -1.91. The van der Waals surface area contributed by atoms with Crippen molar-refractivity contribution in [2.75, 3.05) is 0 Å². The molecule has 0 aromatic carbocycles. The van der Waals surface area contributed by atoms with Crippen LogP contribution in [-0.4, -0.2) is 27.0 Å². The van der Waals surface area contributed by atoms with Gasteiger partial charge in [0.25, 0.3) is 5.91 Å². The van der Waals surface area contributed by atoms with Gasteiger partial charge in [-0.25, -0.2) is 4.98 Å². The molecule has 1 amide bonds. The van der Waals surface area contributed by atoms with E-state index in [9.17, 15) is 14.7 Å². The summed E-state index contributed by atoms with van der Waals surface area (Å²) in [4.78, 5) is 30.1. The number of carbonyl (C=O) groups is 2. The number of nitrogens with zero attached hydrogens (tertiary/aromatic N) is 1. The maximum Gasteiger partial charge on any atom is 0.316 e. The Morgan fingerprint density at radius 1 is 1.45 bits per heavy atom. The van der Waals surface area contributed by atoms with E-state index in [4.69, 9.17) is 5.73 Å². The monoisotopic (exact) mass is 277 g/mol. The molecule has 20 heavy (non-hydrogen) atoms. The van der Waals surface area contributed by atoms with Crippen LogP contribution < -0.4 is 5.73 Å². The Hall–Kier alpha value is -2.11. The molecule has 1 saturated carbocycles. The van der Waals surface area contributed by atoms with Crippen molar-refractivity contribution in [3.8, 4) is 0 Å². The molecule has 2 unspecified atom stereocenters. The standard InChI is InChI=1S/C14H19N3O3/c1-7(2)5-8-13(3,4)14(8,12(19)20)10-9(11(15)18)16-6-17-10/h5-6,8H,1-4H3,(H2,15,18)(H,16,17)(H,19,20). The van der Waals surface area contributed by atoms with Gasteiger partial charge in [0.05, 0.1) is 12.0 Å². The maximum absolute atomic E-state index is 11.9. The summed E-state index contributed by atoms with van der Waals surface area (Å²) in [5.41, 5.74) is 4.91. The smallest absolute Gasteiger partial charge is 0.316 e. The third-order valence-electron chi connectivity index (χ3n) is 4.28. The largest absolute Gasteiger partial charge is 0.481 e. The molecular weight excluding hydrogens is 258 g/mol. The number of amides is 1. The summed E-state index contributed by atoms with van der Waals surface area (Å²) < 4.78 is 0. The van der Waals surface area contributed by atoms with Gasteiger partial charge in [-0.2, -0.15) is 0 Å². The van der Waals surface area contributed by atoms with E-state index in [-0.39, 0.29) is 11.6 Å². The normalized spacial score (nSPS) is 26.9. The number of primary amides is 1. The van der Waals surface area contributed by atoms with Crippen LogP contribution in [0, 0.1) is 11.3 Å². The maximum atomic E-state index is 11.9. The van der Waals surface area contributed by atoms with Gasteiger partial charge in [0.1, 0.15) is 11.1 Å². The van der Waals surface area contributed by atoms with Crippen LogP contribution in [0.3, 0.4) is 0 Å². The fraction of sp³-hybridized carbons (Fsp3) is 0.500. The Morgan fingerprint density at radius 3 is 2.50 bits per heavy atom. The zero-order valence-electron chi connectivity index (χ0n) is 12.0. The molecule has 1 aliphatic rings. The zero-order valence-corrected chi connectivity index (χ0v) is 12.0. The van der Waals surface area contributed by atoms with Gasteiger partial charge < -0.3 is 15.8 Å². The van der Waals surface area contributed by atoms with Crippen molar-refractivity contribution in [1.82, 2.24) is 9.97 Å². The van der Waals surface area contributed by atoms with E-state index in [0.717, 1.165) is 5.57 Å². The van der Waals surface area contributed by atoms with Crippen molar-refractivity contribution in [2.45, 2.75) is 33.1 Å². The summed E-state index contributed by atoms with van der Waals surface area (Å²) in [7, 11) is 0. The van der Waals surface area contributed by atoms with Gasteiger partial charge in [0.2, 0.25) is 0 Å². The van der Waals surface area contributed by atoms with E-state index in [1.807, 2.05) is 33.8 Å². The van der Waals surface area contributed by atoms with Crippen molar-refractivity contribution in [3.05, 3.63) is 29.4 Å². The summed E-state index contributed by atoms with van der Waals surface area (Å²) in [6.07, 6.45) is 3.24. The van der Waals surface area contributed by atoms with E-state index < -0.39 is 22.7 Å². The molecule has 6 heteroatoms. The topological polar surface area (TPSA) is 109 Å². The summed E-state index contributed by atoms with van der Waals surface area (Å²) >= 11 is 0. The number of nitrogens with two attached hydrogens (primary N) is 1. The second-order valence-corrected chi connectivity index (χ2v) is 6.05. The zero-order chi connectivity index (χ0) is 15.3. The van der Waals surface area contributed by atoms with Crippen LogP contribution in [0.5, 0.6) is 0 Å². The highest BCUT2D eigenvalue weighted by atomic mass is 16.4. The number of allylic oxidation sites excluding steroid dienone is 2. The van der Waals surface area contributed by atoms with Crippen LogP contribution in [0.25, 0.3) is 0 Å². The van der Waals surface area contributed by atoms with E-state index in [2.05, 4.69) is 9.97 Å². The van der Waals surface area contributed by atoms with Crippen LogP contribution in [0.15, 0.2) is 18.0 Å². The van der Waals surface area contributed by atoms with Crippen LogP contribution in [0.2, 0.25) is 0 Å². The van der Waals surface area contributed by atoms with Gasteiger partial charge in [0.15, 0.2) is 0 Å². The number of rotatable bonds is 4. The van der Waals surface area contributed by atoms with E-state index in [0.29, 0.717) is 5.69 Å². The number of aliphatic carboxylic acids is 1. The number of hydrogen-bond acceptors (Lipinski definition) is 3. The average Bonchev–Trinajstić information content (AvgIpc) is 2.65. The van der Waals surface area contributed by atoms with Crippen molar-refractivity contribution in [2.24, 2.45) is 17.1 Å². The highest BCUT2D eigenvalue weighted by molar-refractivity contribution is 5.97. The third kappa shape index (κ3) is 1.60. The first-order valence-electron chi connectivity index (χ1n) is 6.39. The Kier molecular flexibility index (Phi) is 3.00. The molecule has 2 rings (SSSR count). The molecule has 108 valence electrons. The number of carboxylic acids is 1. The number of aromatic amines is 1. The van der Waals surface area contributed by atoms with Gasteiger partial charge in [0, 0.05) is 5.92 Å². The number of carbonyl (C=O) groups excluding carboxylic acids is 1. The Balaban J connectivity index is 2.65. The van der Waals surface area contributed by atoms with Crippen LogP contribution in [0.1, 0.15) is 43.9 Å². The van der Waals surface area contributed by atoms with Crippen LogP contribution in [-0.2, 0) is 10.2 Å². The quantitative estimate of drug-likeness (QED) is 0.723. The van der Waals surface area contributed by atoms with Crippen molar-refractivity contribution in [3.63, 3.8) is 0 Å². The van der Waals surface area contributed by atoms with E-state index in [1.54, 1.807) is 0 Å². The number of H-pyrrole nitrogens is 1. The highest BCUT2D eigenvalue weighted by Gasteiger charge is 2.77. The van der Waals surface area contributed by atoms with Crippen LogP contribution in [0.4, 0.5) is 0 Å². The van der Waals surface area contributed by atoms with Gasteiger partial charge in [-0.05, 0) is 19.3 Å². The first-order valence-corrected chi connectivity index (χ1v) is 6.39. The van der Waals surface area contributed by atoms with Gasteiger partial charge >= 0.3 is 5.97 Å². The molecule has 1 fully saturated rings. The van der Waals surface area contributed by atoms with Gasteiger partial charge in [-0.15, -0.1) is 0 Å². The third-order valence-corrected chi connectivity index (χ3v) is 4.28. The molecule has 1 aromatic rings. The number of imidazole rings is 1.